The molecular weight excluding hydrogens is 266 g/mol. The second-order valence-electron chi connectivity index (χ2n) is 5.77. The van der Waals surface area contributed by atoms with E-state index in [1.807, 2.05) is 0 Å². The molecule has 0 amide bonds. The summed E-state index contributed by atoms with van der Waals surface area (Å²) in [6.07, 6.45) is 13.3. The molecule has 1 heterocycles. The third-order valence-electron chi connectivity index (χ3n) is 4.35. The smallest absolute Gasteiger partial charge is 0.166 e. The van der Waals surface area contributed by atoms with Gasteiger partial charge in [-0.15, -0.1) is 0 Å². The van der Waals surface area contributed by atoms with Crippen molar-refractivity contribution >= 4 is 5.70 Å². The fourth-order valence-corrected chi connectivity index (χ4v) is 3.37. The summed E-state index contributed by atoms with van der Waals surface area (Å²) < 4.78 is 2.21. The first-order valence-corrected chi connectivity index (χ1v) is 7.68. The molecule has 22 heavy (non-hydrogen) atoms. The molecule has 1 atom stereocenters. The molecule has 1 unspecified atom stereocenters. The van der Waals surface area contributed by atoms with Crippen molar-refractivity contribution in [2.75, 3.05) is 0 Å². The van der Waals surface area contributed by atoms with Crippen LogP contribution in [0.15, 0.2) is 102 Å². The van der Waals surface area contributed by atoms with Crippen LogP contribution in [0.25, 0.3) is 5.70 Å². The Labute approximate surface area is 131 Å². The summed E-state index contributed by atoms with van der Waals surface area (Å²) in [4.78, 5) is 0. The Morgan fingerprint density at radius 1 is 0.909 bits per heavy atom. The van der Waals surface area contributed by atoms with E-state index in [0.29, 0.717) is 5.92 Å². The van der Waals surface area contributed by atoms with E-state index < -0.39 is 0 Å². The first-order valence-electron chi connectivity index (χ1n) is 7.68. The lowest BCUT2D eigenvalue weighted by Gasteiger charge is -2.19. The first-order chi connectivity index (χ1) is 10.8. The van der Waals surface area contributed by atoms with E-state index >= 15 is 0 Å². The zero-order valence-electron chi connectivity index (χ0n) is 12.6. The largest absolute Gasteiger partial charge is 0.221 e. The summed E-state index contributed by atoms with van der Waals surface area (Å²) in [6.45, 7) is 2.20. The highest BCUT2D eigenvalue weighted by Gasteiger charge is 2.32. The van der Waals surface area contributed by atoms with Crippen molar-refractivity contribution < 1.29 is 4.57 Å². The molecule has 0 saturated carbocycles. The van der Waals surface area contributed by atoms with Gasteiger partial charge in [0.1, 0.15) is 0 Å². The van der Waals surface area contributed by atoms with Crippen LogP contribution in [0.1, 0.15) is 18.4 Å². The standard InChI is InChI=1S/C21H18N/c1-16-15-20-18(17-9-4-2-5-10-17)11-8-12-19(20)21(16)22-13-6-3-7-14-22/h2-15,18H,1H3/q+1. The zero-order valence-corrected chi connectivity index (χ0v) is 12.6. The van der Waals surface area contributed by atoms with Crippen LogP contribution in [0, 0.1) is 0 Å². The van der Waals surface area contributed by atoms with Crippen molar-refractivity contribution in [2.24, 2.45) is 0 Å². The Morgan fingerprint density at radius 2 is 1.64 bits per heavy atom. The molecule has 2 aromatic rings. The number of rotatable bonds is 2. The number of allylic oxidation sites excluding steroid dienone is 8. The van der Waals surface area contributed by atoms with Crippen LogP contribution in [0.3, 0.4) is 0 Å². The molecule has 0 saturated heterocycles. The predicted octanol–water partition coefficient (Wildman–Crippen LogP) is 4.43. The van der Waals surface area contributed by atoms with Gasteiger partial charge in [0, 0.05) is 23.6 Å². The molecule has 0 fully saturated rings. The molecule has 1 heteroatoms. The van der Waals surface area contributed by atoms with Crippen LogP contribution in [0.5, 0.6) is 0 Å². The summed E-state index contributed by atoms with van der Waals surface area (Å²) >= 11 is 0. The number of pyridine rings is 1. The summed E-state index contributed by atoms with van der Waals surface area (Å²) in [7, 11) is 0. The Morgan fingerprint density at radius 3 is 2.41 bits per heavy atom. The van der Waals surface area contributed by atoms with Gasteiger partial charge in [0.25, 0.3) is 0 Å². The highest BCUT2D eigenvalue weighted by atomic mass is 15.0. The van der Waals surface area contributed by atoms with Crippen LogP contribution in [0.2, 0.25) is 0 Å². The SMILES string of the molecule is CC1=C([n+]2ccccc2)C2=CC=CC(c3ccccc3)C2=C1. The average molecular weight is 284 g/mol. The van der Waals surface area contributed by atoms with Crippen molar-refractivity contribution in [3.05, 3.63) is 108 Å². The number of benzene rings is 1. The zero-order chi connectivity index (χ0) is 14.9. The Balaban J connectivity index is 1.77. The lowest BCUT2D eigenvalue weighted by atomic mass is 9.84. The molecule has 4 rings (SSSR count). The lowest BCUT2D eigenvalue weighted by molar-refractivity contribution is -0.579. The molecule has 1 aromatic heterocycles. The third kappa shape index (κ3) is 2.06. The Kier molecular flexibility index (Phi) is 3.12. The average Bonchev–Trinajstić information content (AvgIpc) is 2.92. The van der Waals surface area contributed by atoms with E-state index in [1.165, 1.54) is 28.0 Å². The van der Waals surface area contributed by atoms with E-state index in [9.17, 15) is 0 Å². The molecule has 2 aliphatic rings. The minimum absolute atomic E-state index is 0.345. The highest BCUT2D eigenvalue weighted by Crippen LogP contribution is 2.42. The third-order valence-corrected chi connectivity index (χ3v) is 4.35. The number of hydrogen-bond donors (Lipinski definition) is 0. The minimum Gasteiger partial charge on any atom is -0.166 e. The van der Waals surface area contributed by atoms with Crippen molar-refractivity contribution in [3.8, 4) is 0 Å². The molecule has 1 nitrogen and oxygen atoms in total. The van der Waals surface area contributed by atoms with Crippen molar-refractivity contribution in [3.63, 3.8) is 0 Å². The summed E-state index contributed by atoms with van der Waals surface area (Å²) in [5.41, 5.74) is 6.70. The van der Waals surface area contributed by atoms with Gasteiger partial charge in [-0.25, -0.2) is 0 Å². The lowest BCUT2D eigenvalue weighted by Crippen LogP contribution is -2.32. The molecule has 0 aliphatic heterocycles. The fraction of sp³-hybridized carbons (Fsp3) is 0.0952. The normalized spacial score (nSPS) is 19.8. The van der Waals surface area contributed by atoms with Gasteiger partial charge in [-0.3, -0.25) is 0 Å². The van der Waals surface area contributed by atoms with Crippen LogP contribution in [-0.4, -0.2) is 0 Å². The van der Waals surface area contributed by atoms with Gasteiger partial charge in [0.15, 0.2) is 12.4 Å². The fourth-order valence-electron chi connectivity index (χ4n) is 3.37. The second kappa shape index (κ2) is 5.27. The van der Waals surface area contributed by atoms with Gasteiger partial charge >= 0.3 is 0 Å². The molecule has 2 aliphatic carbocycles. The van der Waals surface area contributed by atoms with Gasteiger partial charge in [-0.2, -0.15) is 4.57 Å². The molecule has 0 spiro atoms. The monoisotopic (exact) mass is 284 g/mol. The number of aromatic nitrogens is 1. The van der Waals surface area contributed by atoms with Crippen LogP contribution in [0.4, 0.5) is 0 Å². The van der Waals surface area contributed by atoms with Crippen LogP contribution < -0.4 is 4.57 Å². The van der Waals surface area contributed by atoms with E-state index in [-0.39, 0.29) is 0 Å². The second-order valence-corrected chi connectivity index (χ2v) is 5.77. The summed E-state index contributed by atoms with van der Waals surface area (Å²) in [5.74, 6) is 0.345. The number of nitrogens with zero attached hydrogens (tertiary/aromatic N) is 1. The summed E-state index contributed by atoms with van der Waals surface area (Å²) in [6, 6.07) is 16.9. The van der Waals surface area contributed by atoms with Gasteiger partial charge in [0.05, 0.1) is 5.57 Å². The van der Waals surface area contributed by atoms with Crippen LogP contribution >= 0.6 is 0 Å². The number of fused-ring (bicyclic) bond motifs is 1. The minimum atomic E-state index is 0.345. The van der Waals surface area contributed by atoms with Crippen molar-refractivity contribution in [1.29, 1.82) is 0 Å². The molecule has 1 aromatic carbocycles. The number of hydrogen-bond acceptors (Lipinski definition) is 0. The Bertz CT molecular complexity index is 821. The van der Waals surface area contributed by atoms with Gasteiger partial charge in [0.2, 0.25) is 5.70 Å². The van der Waals surface area contributed by atoms with E-state index in [2.05, 4.69) is 96.7 Å². The van der Waals surface area contributed by atoms with Gasteiger partial charge in [-0.05, 0) is 30.2 Å². The molecule has 0 N–H and O–H groups in total. The maximum atomic E-state index is 2.34. The van der Waals surface area contributed by atoms with Crippen molar-refractivity contribution in [2.45, 2.75) is 12.8 Å². The van der Waals surface area contributed by atoms with Crippen molar-refractivity contribution in [1.82, 2.24) is 0 Å². The maximum Gasteiger partial charge on any atom is 0.221 e. The molecule has 0 bridgehead atoms. The molecule has 0 radical (unpaired) electrons. The van der Waals surface area contributed by atoms with E-state index in [0.717, 1.165) is 0 Å². The van der Waals surface area contributed by atoms with Crippen LogP contribution in [-0.2, 0) is 0 Å². The van der Waals surface area contributed by atoms with Gasteiger partial charge in [-0.1, -0.05) is 48.6 Å². The van der Waals surface area contributed by atoms with E-state index in [1.54, 1.807) is 0 Å². The predicted molar refractivity (Wildman–Crippen MR) is 90.0 cm³/mol. The first kappa shape index (κ1) is 13.0. The maximum absolute atomic E-state index is 2.34. The molecule has 106 valence electrons. The summed E-state index contributed by atoms with van der Waals surface area (Å²) in [5, 5.41) is 0. The Hall–Kier alpha value is -2.67. The quantitative estimate of drug-likeness (QED) is 0.718. The highest BCUT2D eigenvalue weighted by molar-refractivity contribution is 5.79. The van der Waals surface area contributed by atoms with E-state index in [4.69, 9.17) is 0 Å². The van der Waals surface area contributed by atoms with Gasteiger partial charge < -0.3 is 0 Å². The topological polar surface area (TPSA) is 3.88 Å². The molecular formula is C21H18N+.